The van der Waals surface area contributed by atoms with E-state index >= 15 is 0 Å². The molecule has 1 aromatic carbocycles. The highest BCUT2D eigenvalue weighted by Crippen LogP contribution is 2.74. The van der Waals surface area contributed by atoms with Crippen molar-refractivity contribution >= 4 is 34.9 Å². The SMILES string of the molecule is Cc1ccnc(NC(=O)c2ccc(-c3nc([C@H]4CN(C(=O)C56CC(C(=O)O)(C5)C6)[C@@H](C)CO4)n4ccnc(N)c34)cc2)c1. The number of benzene rings is 1. The van der Waals surface area contributed by atoms with E-state index in [9.17, 15) is 19.5 Å². The van der Waals surface area contributed by atoms with Gasteiger partial charge < -0.3 is 25.8 Å². The van der Waals surface area contributed by atoms with Gasteiger partial charge in [0.15, 0.2) is 0 Å². The molecule has 3 aromatic heterocycles. The van der Waals surface area contributed by atoms with Gasteiger partial charge in [-0.25, -0.2) is 15.0 Å². The molecule has 12 nitrogen and oxygen atoms in total. The maximum absolute atomic E-state index is 13.6. The maximum Gasteiger partial charge on any atom is 0.309 e. The van der Waals surface area contributed by atoms with Gasteiger partial charge in [0.25, 0.3) is 5.91 Å². The molecule has 0 unspecified atom stereocenters. The summed E-state index contributed by atoms with van der Waals surface area (Å²) in [6.45, 7) is 4.48. The van der Waals surface area contributed by atoms with Crippen LogP contribution in [0.2, 0.25) is 0 Å². The van der Waals surface area contributed by atoms with Crippen LogP contribution in [0, 0.1) is 17.8 Å². The van der Waals surface area contributed by atoms with Crippen molar-refractivity contribution in [1.82, 2.24) is 24.3 Å². The maximum atomic E-state index is 13.6. The minimum Gasteiger partial charge on any atom is -0.481 e. The molecule has 12 heteroatoms. The monoisotopic (exact) mass is 581 g/mol. The second kappa shape index (κ2) is 9.60. The summed E-state index contributed by atoms with van der Waals surface area (Å²) in [5.74, 6) is 0.239. The van der Waals surface area contributed by atoms with Gasteiger partial charge in [0, 0.05) is 29.7 Å². The number of hydrogen-bond donors (Lipinski definition) is 3. The number of nitrogen functional groups attached to an aromatic ring is 1. The molecule has 4 N–H and O–H groups in total. The number of nitrogens with two attached hydrogens (primary N) is 1. The zero-order chi connectivity index (χ0) is 30.1. The summed E-state index contributed by atoms with van der Waals surface area (Å²) in [5, 5.41) is 12.3. The quantitative estimate of drug-likeness (QED) is 0.309. The smallest absolute Gasteiger partial charge is 0.309 e. The Hall–Kier alpha value is -4.84. The first-order valence-electron chi connectivity index (χ1n) is 14.2. The lowest BCUT2D eigenvalue weighted by atomic mass is 9.34. The van der Waals surface area contributed by atoms with E-state index < -0.39 is 22.9 Å². The second-order valence-electron chi connectivity index (χ2n) is 12.1. The highest BCUT2D eigenvalue weighted by atomic mass is 16.5. The standard InChI is InChI=1S/C31H31N7O5/c1-17-7-8-33-22(11-17)35-27(39)20-5-3-19(4-6-20)23-24-25(32)34-9-10-37(24)26(36-23)21-12-38(18(2)13-43-21)28(40)30-14-31(15-30,16-30)29(41)42/h3-11,18,21H,12-16H2,1-2H3,(H2,32,34)(H,41,42)(H,33,35,39)/t18-,21+,30?,31?/m0/s1. The van der Waals surface area contributed by atoms with Crippen molar-refractivity contribution in [2.24, 2.45) is 10.8 Å². The number of carbonyl (C=O) groups excluding carboxylic acids is 2. The molecule has 0 radical (unpaired) electrons. The van der Waals surface area contributed by atoms with Gasteiger partial charge in [-0.2, -0.15) is 0 Å². The van der Waals surface area contributed by atoms with Crippen LogP contribution in [0.15, 0.2) is 55.0 Å². The number of carboxylic acids is 1. The second-order valence-corrected chi connectivity index (χ2v) is 12.1. The molecule has 2 atom stereocenters. The Balaban J connectivity index is 1.15. The first kappa shape index (κ1) is 27.0. The van der Waals surface area contributed by atoms with Gasteiger partial charge in [0.05, 0.1) is 30.0 Å². The lowest BCUT2D eigenvalue weighted by molar-refractivity contribution is -0.230. The Morgan fingerprint density at radius 1 is 1.07 bits per heavy atom. The van der Waals surface area contributed by atoms with Crippen LogP contribution in [0.4, 0.5) is 11.6 Å². The fourth-order valence-electron chi connectivity index (χ4n) is 6.83. The van der Waals surface area contributed by atoms with Gasteiger partial charge in [0.2, 0.25) is 5.91 Å². The number of nitrogens with one attached hydrogen (secondary N) is 1. The van der Waals surface area contributed by atoms with Gasteiger partial charge in [-0.3, -0.25) is 18.8 Å². The molecule has 4 aromatic rings. The number of carbonyl (C=O) groups is 3. The van der Waals surface area contributed by atoms with Crippen LogP contribution in [0.25, 0.3) is 16.8 Å². The fourth-order valence-corrected chi connectivity index (χ4v) is 6.83. The summed E-state index contributed by atoms with van der Waals surface area (Å²) in [7, 11) is 0. The first-order chi connectivity index (χ1) is 20.6. The average molecular weight is 582 g/mol. The predicted octanol–water partition coefficient (Wildman–Crippen LogP) is 3.48. The van der Waals surface area contributed by atoms with E-state index in [0.717, 1.165) is 11.1 Å². The molecule has 2 amide bonds. The summed E-state index contributed by atoms with van der Waals surface area (Å²) < 4.78 is 8.05. The predicted molar refractivity (Wildman–Crippen MR) is 156 cm³/mol. The zero-order valence-corrected chi connectivity index (χ0v) is 23.8. The molecule has 8 rings (SSSR count). The van der Waals surface area contributed by atoms with Crippen LogP contribution in [0.5, 0.6) is 0 Å². The Kier molecular flexibility index (Phi) is 6.03. The highest BCUT2D eigenvalue weighted by Gasteiger charge is 2.76. The van der Waals surface area contributed by atoms with Crippen LogP contribution in [-0.4, -0.2) is 66.3 Å². The van der Waals surface area contributed by atoms with E-state index in [0.29, 0.717) is 54.3 Å². The van der Waals surface area contributed by atoms with Crippen LogP contribution < -0.4 is 11.1 Å². The Bertz CT molecular complexity index is 1780. The molecule has 3 saturated carbocycles. The Morgan fingerprint density at radius 2 is 1.81 bits per heavy atom. The number of pyridine rings is 1. The molecular weight excluding hydrogens is 550 g/mol. The number of aryl methyl sites for hydroxylation is 1. The van der Waals surface area contributed by atoms with Crippen molar-refractivity contribution in [3.05, 3.63) is 71.9 Å². The van der Waals surface area contributed by atoms with Crippen LogP contribution in [0.3, 0.4) is 0 Å². The van der Waals surface area contributed by atoms with E-state index in [4.69, 9.17) is 15.5 Å². The number of imidazole rings is 1. The number of morpholine rings is 1. The first-order valence-corrected chi connectivity index (χ1v) is 14.2. The molecule has 1 saturated heterocycles. The molecule has 4 aliphatic rings. The molecule has 3 aliphatic carbocycles. The van der Waals surface area contributed by atoms with Crippen molar-refractivity contribution in [1.29, 1.82) is 0 Å². The van der Waals surface area contributed by atoms with E-state index in [1.165, 1.54) is 0 Å². The topological polar surface area (TPSA) is 165 Å². The van der Waals surface area contributed by atoms with Gasteiger partial charge in [-0.15, -0.1) is 0 Å². The van der Waals surface area contributed by atoms with Crippen LogP contribution >= 0.6 is 0 Å². The Labute approximate surface area is 246 Å². The summed E-state index contributed by atoms with van der Waals surface area (Å²) in [6, 6.07) is 10.5. The van der Waals surface area contributed by atoms with Crippen molar-refractivity contribution in [2.75, 3.05) is 24.2 Å². The summed E-state index contributed by atoms with van der Waals surface area (Å²) >= 11 is 0. The largest absolute Gasteiger partial charge is 0.481 e. The highest BCUT2D eigenvalue weighted by molar-refractivity contribution is 6.04. The van der Waals surface area contributed by atoms with Gasteiger partial charge in [-0.1, -0.05) is 12.1 Å². The molecule has 43 heavy (non-hydrogen) atoms. The third-order valence-electron chi connectivity index (χ3n) is 9.11. The van der Waals surface area contributed by atoms with E-state index in [1.807, 2.05) is 29.2 Å². The minimum atomic E-state index is -0.811. The number of aliphatic carboxylic acids is 1. The number of amides is 2. The van der Waals surface area contributed by atoms with E-state index in [2.05, 4.69) is 15.3 Å². The third-order valence-corrected chi connectivity index (χ3v) is 9.11. The number of ether oxygens (including phenoxy) is 1. The molecule has 1 aliphatic heterocycles. The lowest BCUT2D eigenvalue weighted by Crippen LogP contribution is -2.72. The van der Waals surface area contributed by atoms with Crippen LogP contribution in [0.1, 0.15) is 54.0 Å². The molecule has 4 fully saturated rings. The molecule has 2 bridgehead atoms. The Morgan fingerprint density at radius 3 is 2.51 bits per heavy atom. The zero-order valence-electron chi connectivity index (χ0n) is 23.8. The molecule has 0 spiro atoms. The molecular formula is C31H31N7O5. The number of fused-ring (bicyclic) bond motifs is 1. The number of anilines is 2. The number of rotatable bonds is 6. The average Bonchev–Trinajstić information content (AvgIpc) is 3.33. The number of hydrogen-bond acceptors (Lipinski definition) is 8. The summed E-state index contributed by atoms with van der Waals surface area (Å²) in [5.41, 5.74) is 8.40. The lowest BCUT2D eigenvalue weighted by Gasteiger charge is -2.67. The summed E-state index contributed by atoms with van der Waals surface area (Å²) in [4.78, 5) is 53.3. The fraction of sp³-hybridized carbons (Fsp3) is 0.355. The number of nitrogens with zero attached hydrogens (tertiary/aromatic N) is 5. The van der Waals surface area contributed by atoms with Gasteiger partial charge >= 0.3 is 5.97 Å². The summed E-state index contributed by atoms with van der Waals surface area (Å²) in [6.07, 6.45) is 5.66. The van der Waals surface area contributed by atoms with Gasteiger partial charge in [-0.05, 0) is 62.9 Å². The third kappa shape index (κ3) is 4.23. The molecule has 220 valence electrons. The number of carboxylic acid groups (broad SMARTS) is 1. The van der Waals surface area contributed by atoms with E-state index in [1.54, 1.807) is 48.9 Å². The number of aromatic nitrogens is 4. The minimum absolute atomic E-state index is 0.00609. The van der Waals surface area contributed by atoms with Crippen molar-refractivity contribution in [3.63, 3.8) is 0 Å². The van der Waals surface area contributed by atoms with Crippen LogP contribution in [-0.2, 0) is 14.3 Å². The normalized spacial score (nSPS) is 26.0. The molecule has 4 heterocycles. The van der Waals surface area contributed by atoms with Crippen molar-refractivity contribution in [3.8, 4) is 11.3 Å². The van der Waals surface area contributed by atoms with E-state index in [-0.39, 0.29) is 30.2 Å². The van der Waals surface area contributed by atoms with Crippen molar-refractivity contribution in [2.45, 2.75) is 45.3 Å². The van der Waals surface area contributed by atoms with Gasteiger partial charge in [0.1, 0.15) is 34.8 Å². The van der Waals surface area contributed by atoms with Crippen molar-refractivity contribution < 1.29 is 24.2 Å².